The van der Waals surface area contributed by atoms with Gasteiger partial charge in [0.15, 0.2) is 11.5 Å². The molecule has 0 saturated carbocycles. The summed E-state index contributed by atoms with van der Waals surface area (Å²) in [5, 5.41) is 0. The summed E-state index contributed by atoms with van der Waals surface area (Å²) in [5.41, 5.74) is 4.70. The number of ether oxygens (including phenoxy) is 2. The molecular formula is C28H24N2O3. The average Bonchev–Trinajstić information content (AvgIpc) is 3.18. The predicted octanol–water partition coefficient (Wildman–Crippen LogP) is 5.40. The molecule has 33 heavy (non-hydrogen) atoms. The summed E-state index contributed by atoms with van der Waals surface area (Å²) in [6.45, 7) is 1.83. The van der Waals surface area contributed by atoms with Crippen LogP contribution in [-0.2, 0) is 26.3 Å². The highest BCUT2D eigenvalue weighted by molar-refractivity contribution is 5.98. The molecule has 5 rings (SSSR count). The Morgan fingerprint density at radius 2 is 1.36 bits per heavy atom. The standard InChI is InChI=1S/C28H24N2O3/c31-28-25-14-8-7-13-23(25)17-30(28)18-24-15-26(32-19-21-9-3-1-4-10-21)27(16-29-24)33-20-22-11-5-2-6-12-22/h1-16H,17-20H2. The number of carbonyl (C=O) groups excluding carboxylic acids is 1. The monoisotopic (exact) mass is 436 g/mol. The van der Waals surface area contributed by atoms with Crippen molar-refractivity contribution in [2.45, 2.75) is 26.3 Å². The van der Waals surface area contributed by atoms with Crippen molar-refractivity contribution in [3.05, 3.63) is 125 Å². The summed E-state index contributed by atoms with van der Waals surface area (Å²) < 4.78 is 12.2. The van der Waals surface area contributed by atoms with Gasteiger partial charge in [-0.1, -0.05) is 78.9 Å². The molecule has 0 atom stereocenters. The van der Waals surface area contributed by atoms with E-state index in [2.05, 4.69) is 4.98 Å². The first-order valence-corrected chi connectivity index (χ1v) is 11.0. The number of nitrogens with zero attached hydrogens (tertiary/aromatic N) is 2. The van der Waals surface area contributed by atoms with Gasteiger partial charge in [-0.15, -0.1) is 0 Å². The Hall–Kier alpha value is -4.12. The predicted molar refractivity (Wildman–Crippen MR) is 126 cm³/mol. The van der Waals surface area contributed by atoms with Gasteiger partial charge in [0.2, 0.25) is 0 Å². The third kappa shape index (κ3) is 4.88. The maximum absolute atomic E-state index is 12.8. The molecule has 3 aromatic carbocycles. The number of amides is 1. The normalized spacial score (nSPS) is 12.5. The molecular weight excluding hydrogens is 412 g/mol. The Labute approximate surface area is 193 Å². The Balaban J connectivity index is 1.34. The number of fused-ring (bicyclic) bond motifs is 1. The van der Waals surface area contributed by atoms with Crippen LogP contribution in [0.25, 0.3) is 0 Å². The minimum absolute atomic E-state index is 0.0311. The van der Waals surface area contributed by atoms with Crippen LogP contribution in [0.1, 0.15) is 32.7 Å². The molecule has 1 aliphatic rings. The largest absolute Gasteiger partial charge is 0.485 e. The van der Waals surface area contributed by atoms with Crippen LogP contribution >= 0.6 is 0 Å². The average molecular weight is 437 g/mol. The van der Waals surface area contributed by atoms with Crippen LogP contribution in [0.15, 0.2) is 97.2 Å². The van der Waals surface area contributed by atoms with Gasteiger partial charge in [-0.3, -0.25) is 9.78 Å². The van der Waals surface area contributed by atoms with E-state index in [1.54, 1.807) is 11.1 Å². The Morgan fingerprint density at radius 1 is 0.758 bits per heavy atom. The minimum Gasteiger partial charge on any atom is -0.485 e. The van der Waals surface area contributed by atoms with Gasteiger partial charge in [0.05, 0.1) is 18.4 Å². The SMILES string of the molecule is O=C1c2ccccc2CN1Cc1cc(OCc2ccccc2)c(OCc2ccccc2)cn1. The Morgan fingerprint density at radius 3 is 2.03 bits per heavy atom. The van der Waals surface area contributed by atoms with Crippen molar-refractivity contribution < 1.29 is 14.3 Å². The van der Waals surface area contributed by atoms with Gasteiger partial charge in [0.1, 0.15) is 13.2 Å². The van der Waals surface area contributed by atoms with E-state index >= 15 is 0 Å². The van der Waals surface area contributed by atoms with Crippen LogP contribution in [0, 0.1) is 0 Å². The second-order valence-corrected chi connectivity index (χ2v) is 7.99. The number of pyridine rings is 1. The molecule has 0 aliphatic carbocycles. The van der Waals surface area contributed by atoms with Crippen molar-refractivity contribution in [1.29, 1.82) is 0 Å². The molecule has 4 aromatic rings. The molecule has 0 fully saturated rings. The van der Waals surface area contributed by atoms with Crippen LogP contribution in [0.4, 0.5) is 0 Å². The highest BCUT2D eigenvalue weighted by Crippen LogP contribution is 2.30. The van der Waals surface area contributed by atoms with Crippen molar-refractivity contribution in [1.82, 2.24) is 9.88 Å². The Bertz CT molecular complexity index is 1240. The second-order valence-electron chi connectivity index (χ2n) is 7.99. The molecule has 0 radical (unpaired) electrons. The fourth-order valence-electron chi connectivity index (χ4n) is 3.88. The molecule has 164 valence electrons. The van der Waals surface area contributed by atoms with E-state index in [9.17, 15) is 4.79 Å². The molecule has 0 saturated heterocycles. The van der Waals surface area contributed by atoms with E-state index < -0.39 is 0 Å². The van der Waals surface area contributed by atoms with E-state index in [1.807, 2.05) is 91.0 Å². The molecule has 0 unspecified atom stereocenters. The van der Waals surface area contributed by atoms with E-state index in [-0.39, 0.29) is 5.91 Å². The summed E-state index contributed by atoms with van der Waals surface area (Å²) in [7, 11) is 0. The van der Waals surface area contributed by atoms with Gasteiger partial charge in [-0.05, 0) is 22.8 Å². The van der Waals surface area contributed by atoms with Crippen LogP contribution in [0.3, 0.4) is 0 Å². The number of rotatable bonds is 8. The highest BCUT2D eigenvalue weighted by Gasteiger charge is 2.27. The molecule has 0 bridgehead atoms. The topological polar surface area (TPSA) is 51.7 Å². The molecule has 0 N–H and O–H groups in total. The molecule has 5 heteroatoms. The molecule has 0 spiro atoms. The van der Waals surface area contributed by atoms with Crippen LogP contribution < -0.4 is 9.47 Å². The third-order valence-electron chi connectivity index (χ3n) is 5.61. The van der Waals surface area contributed by atoms with Crippen LogP contribution in [0.5, 0.6) is 11.5 Å². The fourth-order valence-corrected chi connectivity index (χ4v) is 3.88. The molecule has 2 heterocycles. The lowest BCUT2D eigenvalue weighted by Crippen LogP contribution is -2.23. The number of aromatic nitrogens is 1. The number of hydrogen-bond donors (Lipinski definition) is 0. The van der Waals surface area contributed by atoms with E-state index in [0.717, 1.165) is 27.9 Å². The molecule has 5 nitrogen and oxygen atoms in total. The number of hydrogen-bond acceptors (Lipinski definition) is 4. The van der Waals surface area contributed by atoms with Crippen molar-refractivity contribution in [3.8, 4) is 11.5 Å². The molecule has 1 amide bonds. The van der Waals surface area contributed by atoms with Gasteiger partial charge in [-0.25, -0.2) is 0 Å². The fraction of sp³-hybridized carbons (Fsp3) is 0.143. The van der Waals surface area contributed by atoms with Crippen molar-refractivity contribution in [3.63, 3.8) is 0 Å². The van der Waals surface area contributed by atoms with Gasteiger partial charge >= 0.3 is 0 Å². The zero-order valence-corrected chi connectivity index (χ0v) is 18.2. The van der Waals surface area contributed by atoms with Gasteiger partial charge < -0.3 is 14.4 Å². The molecule has 1 aromatic heterocycles. The summed E-state index contributed by atoms with van der Waals surface area (Å²) in [6.07, 6.45) is 1.69. The Kier molecular flexibility index (Phi) is 6.02. The van der Waals surface area contributed by atoms with E-state index in [4.69, 9.17) is 9.47 Å². The lowest BCUT2D eigenvalue weighted by Gasteiger charge is -2.17. The van der Waals surface area contributed by atoms with Crippen LogP contribution in [0.2, 0.25) is 0 Å². The number of carbonyl (C=O) groups is 1. The van der Waals surface area contributed by atoms with Crippen molar-refractivity contribution in [2.75, 3.05) is 0 Å². The maximum atomic E-state index is 12.8. The summed E-state index contributed by atoms with van der Waals surface area (Å²) in [4.78, 5) is 19.1. The zero-order valence-electron chi connectivity index (χ0n) is 18.2. The van der Waals surface area contributed by atoms with Crippen LogP contribution in [-0.4, -0.2) is 15.8 Å². The smallest absolute Gasteiger partial charge is 0.254 e. The first-order chi connectivity index (χ1) is 16.3. The van der Waals surface area contributed by atoms with Gasteiger partial charge in [-0.2, -0.15) is 0 Å². The van der Waals surface area contributed by atoms with E-state index in [1.165, 1.54) is 0 Å². The summed E-state index contributed by atoms with van der Waals surface area (Å²) in [5.74, 6) is 1.22. The lowest BCUT2D eigenvalue weighted by molar-refractivity contribution is 0.0764. The second kappa shape index (κ2) is 9.57. The minimum atomic E-state index is 0.0311. The zero-order chi connectivity index (χ0) is 22.5. The van der Waals surface area contributed by atoms with Crippen molar-refractivity contribution in [2.24, 2.45) is 0 Å². The lowest BCUT2D eigenvalue weighted by atomic mass is 10.1. The van der Waals surface area contributed by atoms with Crippen molar-refractivity contribution >= 4 is 5.91 Å². The maximum Gasteiger partial charge on any atom is 0.254 e. The summed E-state index contributed by atoms with van der Waals surface area (Å²) in [6, 6.07) is 29.6. The first kappa shape index (κ1) is 20.8. The third-order valence-corrected chi connectivity index (χ3v) is 5.61. The van der Waals surface area contributed by atoms with E-state index in [0.29, 0.717) is 37.8 Å². The first-order valence-electron chi connectivity index (χ1n) is 11.0. The summed E-state index contributed by atoms with van der Waals surface area (Å²) >= 11 is 0. The van der Waals surface area contributed by atoms with Gasteiger partial charge in [0, 0.05) is 18.2 Å². The number of benzene rings is 3. The van der Waals surface area contributed by atoms with Gasteiger partial charge in [0.25, 0.3) is 5.91 Å². The quantitative estimate of drug-likeness (QED) is 0.371. The highest BCUT2D eigenvalue weighted by atomic mass is 16.5. The molecule has 1 aliphatic heterocycles.